The highest BCUT2D eigenvalue weighted by molar-refractivity contribution is 5.94. The summed E-state index contributed by atoms with van der Waals surface area (Å²) in [5.41, 5.74) is 2.26. The van der Waals surface area contributed by atoms with Crippen molar-refractivity contribution in [1.82, 2.24) is 15.4 Å². The summed E-state index contributed by atoms with van der Waals surface area (Å²) in [5.74, 6) is 1.99. The van der Waals surface area contributed by atoms with Crippen molar-refractivity contribution in [3.63, 3.8) is 0 Å². The number of rotatable bonds is 8. The third-order valence-electron chi connectivity index (χ3n) is 4.61. The Kier molecular flexibility index (Phi) is 6.16. The number of ether oxygens (including phenoxy) is 1. The van der Waals surface area contributed by atoms with E-state index in [1.54, 1.807) is 24.5 Å². The van der Waals surface area contributed by atoms with Crippen LogP contribution in [-0.2, 0) is 6.61 Å². The lowest BCUT2D eigenvalue weighted by Gasteiger charge is -2.22. The molecule has 7 heteroatoms. The van der Waals surface area contributed by atoms with Gasteiger partial charge in [-0.1, -0.05) is 11.2 Å². The van der Waals surface area contributed by atoms with Crippen molar-refractivity contribution in [2.75, 3.05) is 20.6 Å². The smallest absolute Gasteiger partial charge is 0.251 e. The maximum Gasteiger partial charge on any atom is 0.251 e. The average Bonchev–Trinajstić information content (AvgIpc) is 3.31. The molecule has 3 rings (SSSR count). The first-order chi connectivity index (χ1) is 13.5. The first-order valence-corrected chi connectivity index (χ1v) is 9.08. The van der Waals surface area contributed by atoms with E-state index in [4.69, 9.17) is 13.7 Å². The number of hydrogen-bond donors (Lipinski definition) is 1. The van der Waals surface area contributed by atoms with E-state index in [1.165, 1.54) is 0 Å². The highest BCUT2D eigenvalue weighted by Gasteiger charge is 2.18. The van der Waals surface area contributed by atoms with Gasteiger partial charge in [0.15, 0.2) is 0 Å². The lowest BCUT2D eigenvalue weighted by Crippen LogP contribution is -2.34. The summed E-state index contributed by atoms with van der Waals surface area (Å²) in [6, 6.07) is 10.8. The fourth-order valence-electron chi connectivity index (χ4n) is 2.90. The van der Waals surface area contributed by atoms with Crippen LogP contribution >= 0.6 is 0 Å². The number of hydrogen-bond acceptors (Lipinski definition) is 6. The van der Waals surface area contributed by atoms with E-state index in [9.17, 15) is 4.79 Å². The van der Waals surface area contributed by atoms with Gasteiger partial charge in [0.05, 0.1) is 23.6 Å². The zero-order chi connectivity index (χ0) is 20.1. The van der Waals surface area contributed by atoms with Crippen LogP contribution in [0, 0.1) is 13.8 Å². The number of nitrogens with one attached hydrogen (secondary N) is 1. The maximum atomic E-state index is 12.6. The van der Waals surface area contributed by atoms with E-state index in [-0.39, 0.29) is 11.9 Å². The van der Waals surface area contributed by atoms with E-state index >= 15 is 0 Å². The third kappa shape index (κ3) is 4.61. The largest absolute Gasteiger partial charge is 0.489 e. The first kappa shape index (κ1) is 19.7. The summed E-state index contributed by atoms with van der Waals surface area (Å²) in [7, 11) is 3.89. The molecule has 0 bridgehead atoms. The number of furan rings is 1. The van der Waals surface area contributed by atoms with Gasteiger partial charge in [0, 0.05) is 12.1 Å². The molecule has 1 atom stereocenters. The number of likely N-dealkylation sites (N-methyl/N-ethyl adjacent to an activating group) is 1. The molecule has 3 aromatic rings. The molecular formula is C21H25N3O4. The van der Waals surface area contributed by atoms with E-state index in [0.717, 1.165) is 22.8 Å². The number of aromatic nitrogens is 1. The summed E-state index contributed by atoms with van der Waals surface area (Å²) < 4.78 is 16.4. The summed E-state index contributed by atoms with van der Waals surface area (Å²) in [6.45, 7) is 4.50. The number of benzene rings is 1. The van der Waals surface area contributed by atoms with Crippen LogP contribution in [0.15, 0.2) is 51.6 Å². The van der Waals surface area contributed by atoms with Gasteiger partial charge in [-0.15, -0.1) is 0 Å². The van der Waals surface area contributed by atoms with Gasteiger partial charge in [-0.2, -0.15) is 0 Å². The molecule has 0 aliphatic heterocycles. The molecule has 28 heavy (non-hydrogen) atoms. The van der Waals surface area contributed by atoms with Crippen LogP contribution in [0.5, 0.6) is 5.75 Å². The molecule has 0 spiro atoms. The van der Waals surface area contributed by atoms with E-state index in [1.807, 2.05) is 51.0 Å². The Morgan fingerprint density at radius 1 is 1.25 bits per heavy atom. The Labute approximate surface area is 164 Å². The molecule has 0 saturated heterocycles. The van der Waals surface area contributed by atoms with Crippen LogP contribution in [0.1, 0.15) is 39.2 Å². The minimum Gasteiger partial charge on any atom is -0.489 e. The Bertz CT molecular complexity index is 896. The average molecular weight is 383 g/mol. The van der Waals surface area contributed by atoms with Gasteiger partial charge in [0.1, 0.15) is 23.9 Å². The Morgan fingerprint density at radius 3 is 2.71 bits per heavy atom. The standard InChI is InChI=1S/C21H25N3O4/c1-14-18(15(2)28-23-14)13-27-17-8-5-7-16(11-17)21(25)22-12-19(24(3)4)20-9-6-10-26-20/h5-11,19H,12-13H2,1-4H3,(H,22,25). The van der Waals surface area contributed by atoms with Gasteiger partial charge in [-0.3, -0.25) is 9.69 Å². The molecule has 0 aliphatic rings. The van der Waals surface area contributed by atoms with Crippen molar-refractivity contribution in [1.29, 1.82) is 0 Å². The Balaban J connectivity index is 1.62. The predicted octanol–water partition coefficient (Wildman–Crippen LogP) is 3.50. The summed E-state index contributed by atoms with van der Waals surface area (Å²) in [4.78, 5) is 14.6. The highest BCUT2D eigenvalue weighted by Crippen LogP contribution is 2.20. The van der Waals surface area contributed by atoms with Gasteiger partial charge in [-0.25, -0.2) is 0 Å². The van der Waals surface area contributed by atoms with Crippen LogP contribution < -0.4 is 10.1 Å². The molecule has 1 aromatic carbocycles. The SMILES string of the molecule is Cc1noc(C)c1COc1cccc(C(=O)NCC(c2ccco2)N(C)C)c1. The van der Waals surface area contributed by atoms with Crippen molar-refractivity contribution >= 4 is 5.91 Å². The number of aryl methyl sites for hydroxylation is 2. The summed E-state index contributed by atoms with van der Waals surface area (Å²) in [5, 5.41) is 6.88. The Morgan fingerprint density at radius 2 is 2.07 bits per heavy atom. The molecule has 1 amide bonds. The van der Waals surface area contributed by atoms with Crippen LogP contribution in [0.4, 0.5) is 0 Å². The number of carbonyl (C=O) groups is 1. The summed E-state index contributed by atoms with van der Waals surface area (Å²) >= 11 is 0. The van der Waals surface area contributed by atoms with Crippen molar-refractivity contribution in [2.24, 2.45) is 0 Å². The second-order valence-electron chi connectivity index (χ2n) is 6.82. The van der Waals surface area contributed by atoms with Crippen LogP contribution in [0.25, 0.3) is 0 Å². The molecule has 1 N–H and O–H groups in total. The van der Waals surface area contributed by atoms with Gasteiger partial charge in [0.25, 0.3) is 5.91 Å². The zero-order valence-corrected chi connectivity index (χ0v) is 16.6. The number of carbonyl (C=O) groups excluding carboxylic acids is 1. The Hall–Kier alpha value is -3.06. The minimum absolute atomic E-state index is 0.0436. The van der Waals surface area contributed by atoms with Crippen molar-refractivity contribution in [3.8, 4) is 5.75 Å². The van der Waals surface area contributed by atoms with Gasteiger partial charge >= 0.3 is 0 Å². The molecule has 0 fully saturated rings. The van der Waals surface area contributed by atoms with Gasteiger partial charge in [-0.05, 0) is 58.3 Å². The van der Waals surface area contributed by atoms with E-state index in [0.29, 0.717) is 24.5 Å². The van der Waals surface area contributed by atoms with Crippen molar-refractivity contribution < 1.29 is 18.5 Å². The third-order valence-corrected chi connectivity index (χ3v) is 4.61. The topological polar surface area (TPSA) is 80.7 Å². The normalized spacial score (nSPS) is 12.2. The number of amides is 1. The lowest BCUT2D eigenvalue weighted by atomic mass is 10.1. The van der Waals surface area contributed by atoms with Crippen LogP contribution in [-0.4, -0.2) is 36.6 Å². The second-order valence-corrected chi connectivity index (χ2v) is 6.82. The molecule has 7 nitrogen and oxygen atoms in total. The maximum absolute atomic E-state index is 12.6. The molecule has 148 valence electrons. The molecule has 0 radical (unpaired) electrons. The zero-order valence-electron chi connectivity index (χ0n) is 16.6. The summed E-state index contributed by atoms with van der Waals surface area (Å²) in [6.07, 6.45) is 1.63. The molecule has 0 aliphatic carbocycles. The monoisotopic (exact) mass is 383 g/mol. The molecule has 2 heterocycles. The van der Waals surface area contributed by atoms with E-state index < -0.39 is 0 Å². The van der Waals surface area contributed by atoms with Crippen molar-refractivity contribution in [3.05, 3.63) is 71.0 Å². The number of nitrogens with zero attached hydrogens (tertiary/aromatic N) is 2. The predicted molar refractivity (Wildman–Crippen MR) is 104 cm³/mol. The van der Waals surface area contributed by atoms with Gasteiger partial charge < -0.3 is 19.0 Å². The van der Waals surface area contributed by atoms with Crippen molar-refractivity contribution in [2.45, 2.75) is 26.5 Å². The fraction of sp³-hybridized carbons (Fsp3) is 0.333. The molecule has 1 unspecified atom stereocenters. The molecular weight excluding hydrogens is 358 g/mol. The second kappa shape index (κ2) is 8.75. The fourth-order valence-corrected chi connectivity index (χ4v) is 2.90. The van der Waals surface area contributed by atoms with Crippen LogP contribution in [0.2, 0.25) is 0 Å². The lowest BCUT2D eigenvalue weighted by molar-refractivity contribution is 0.0938. The quantitative estimate of drug-likeness (QED) is 0.641. The first-order valence-electron chi connectivity index (χ1n) is 9.08. The van der Waals surface area contributed by atoms with Crippen LogP contribution in [0.3, 0.4) is 0 Å². The molecule has 2 aromatic heterocycles. The molecule has 0 saturated carbocycles. The van der Waals surface area contributed by atoms with E-state index in [2.05, 4.69) is 10.5 Å². The highest BCUT2D eigenvalue weighted by atomic mass is 16.5. The minimum atomic E-state index is -0.166. The van der Waals surface area contributed by atoms with Gasteiger partial charge in [0.2, 0.25) is 0 Å².